The number of aryl methyl sites for hydroxylation is 1. The van der Waals surface area contributed by atoms with Crippen LogP contribution in [0.25, 0.3) is 11.3 Å². The third kappa shape index (κ3) is 2.08. The van der Waals surface area contributed by atoms with Crippen LogP contribution in [0, 0.1) is 6.92 Å². The summed E-state index contributed by atoms with van der Waals surface area (Å²) in [6.45, 7) is 1.62. The van der Waals surface area contributed by atoms with Gasteiger partial charge in [-0.15, -0.1) is 0 Å². The molecule has 2 rings (SSSR count). The normalized spacial score (nSPS) is 10.2. The van der Waals surface area contributed by atoms with Gasteiger partial charge < -0.3 is 10.2 Å². The van der Waals surface area contributed by atoms with Gasteiger partial charge in [0, 0.05) is 18.0 Å². The summed E-state index contributed by atoms with van der Waals surface area (Å²) in [4.78, 5) is 18.9. The summed E-state index contributed by atoms with van der Waals surface area (Å²) >= 11 is 0. The molecule has 0 amide bonds. The van der Waals surface area contributed by atoms with E-state index < -0.39 is 5.97 Å². The quantitative estimate of drug-likeness (QED) is 0.822. The van der Waals surface area contributed by atoms with Crippen molar-refractivity contribution in [2.75, 3.05) is 0 Å². The molecule has 0 aliphatic heterocycles. The number of nitrogens with zero attached hydrogens (tertiary/aromatic N) is 2. The zero-order chi connectivity index (χ0) is 12.4. The molecule has 2 N–H and O–H groups in total. The molecule has 0 bridgehead atoms. The Morgan fingerprint density at radius 2 is 2.12 bits per heavy atom. The maximum Gasteiger partial charge on any atom is 0.337 e. The molecule has 0 saturated heterocycles. The molecule has 0 unspecified atom stereocenters. The lowest BCUT2D eigenvalue weighted by molar-refractivity contribution is 0.0695. The van der Waals surface area contributed by atoms with Crippen LogP contribution in [0.15, 0.2) is 30.6 Å². The van der Waals surface area contributed by atoms with Crippen molar-refractivity contribution in [1.82, 2.24) is 9.97 Å². The summed E-state index contributed by atoms with van der Waals surface area (Å²) in [5.74, 6) is -1.05. The Kier molecular flexibility index (Phi) is 2.74. The van der Waals surface area contributed by atoms with Crippen molar-refractivity contribution in [2.24, 2.45) is 0 Å². The maximum atomic E-state index is 11.0. The number of aromatic carboxylic acids is 1. The zero-order valence-electron chi connectivity index (χ0n) is 9.08. The monoisotopic (exact) mass is 230 g/mol. The molecular weight excluding hydrogens is 220 g/mol. The highest BCUT2D eigenvalue weighted by Gasteiger charge is 2.12. The van der Waals surface area contributed by atoms with Gasteiger partial charge in [0.05, 0.1) is 11.3 Å². The summed E-state index contributed by atoms with van der Waals surface area (Å²) in [5, 5.41) is 18.6. The average molecular weight is 230 g/mol. The van der Waals surface area contributed by atoms with E-state index in [0.717, 1.165) is 0 Å². The van der Waals surface area contributed by atoms with Crippen molar-refractivity contribution in [3.8, 4) is 17.0 Å². The topological polar surface area (TPSA) is 83.3 Å². The number of aromatic nitrogens is 2. The first-order valence-corrected chi connectivity index (χ1v) is 4.94. The third-order valence-electron chi connectivity index (χ3n) is 2.38. The molecule has 0 spiro atoms. The first-order chi connectivity index (χ1) is 8.09. The SMILES string of the molecule is Cc1ncc(-c2ncccc2O)cc1C(=O)O. The summed E-state index contributed by atoms with van der Waals surface area (Å²) in [6, 6.07) is 4.54. The van der Waals surface area contributed by atoms with Gasteiger partial charge in [0.2, 0.25) is 0 Å². The van der Waals surface area contributed by atoms with Crippen LogP contribution in [-0.4, -0.2) is 26.2 Å². The average Bonchev–Trinajstić information content (AvgIpc) is 2.30. The molecule has 5 heteroatoms. The van der Waals surface area contributed by atoms with Gasteiger partial charge in [-0.25, -0.2) is 4.79 Å². The van der Waals surface area contributed by atoms with E-state index in [2.05, 4.69) is 9.97 Å². The fourth-order valence-corrected chi connectivity index (χ4v) is 1.50. The minimum Gasteiger partial charge on any atom is -0.506 e. The Balaban J connectivity index is 2.58. The Morgan fingerprint density at radius 1 is 1.35 bits per heavy atom. The second-order valence-electron chi connectivity index (χ2n) is 3.53. The van der Waals surface area contributed by atoms with E-state index in [-0.39, 0.29) is 11.3 Å². The lowest BCUT2D eigenvalue weighted by Gasteiger charge is -2.05. The van der Waals surface area contributed by atoms with E-state index in [1.807, 2.05) is 0 Å². The summed E-state index contributed by atoms with van der Waals surface area (Å²) < 4.78 is 0. The van der Waals surface area contributed by atoms with E-state index in [1.54, 1.807) is 13.0 Å². The fourth-order valence-electron chi connectivity index (χ4n) is 1.50. The van der Waals surface area contributed by atoms with Crippen LogP contribution >= 0.6 is 0 Å². The van der Waals surface area contributed by atoms with Crippen LogP contribution in [-0.2, 0) is 0 Å². The zero-order valence-corrected chi connectivity index (χ0v) is 9.08. The first kappa shape index (κ1) is 11.1. The second-order valence-corrected chi connectivity index (χ2v) is 3.53. The Labute approximate surface area is 97.4 Å². The number of carboxylic acids is 1. The molecular formula is C12H10N2O3. The number of carbonyl (C=O) groups is 1. The van der Waals surface area contributed by atoms with E-state index in [1.165, 1.54) is 24.5 Å². The van der Waals surface area contributed by atoms with Crippen molar-refractivity contribution < 1.29 is 15.0 Å². The van der Waals surface area contributed by atoms with Gasteiger partial charge in [0.15, 0.2) is 0 Å². The highest BCUT2D eigenvalue weighted by Crippen LogP contribution is 2.26. The molecule has 0 saturated carbocycles. The molecule has 0 atom stereocenters. The van der Waals surface area contributed by atoms with Crippen molar-refractivity contribution in [2.45, 2.75) is 6.92 Å². The van der Waals surface area contributed by atoms with Crippen molar-refractivity contribution >= 4 is 5.97 Å². The molecule has 2 aromatic heterocycles. The number of hydrogen-bond acceptors (Lipinski definition) is 4. The van der Waals surface area contributed by atoms with Crippen molar-refractivity contribution in [3.05, 3.63) is 41.9 Å². The minimum absolute atomic E-state index is 0.00510. The van der Waals surface area contributed by atoms with Crippen LogP contribution in [0.2, 0.25) is 0 Å². The maximum absolute atomic E-state index is 11.0. The molecule has 0 fully saturated rings. The summed E-state index contributed by atoms with van der Waals surface area (Å²) in [7, 11) is 0. The largest absolute Gasteiger partial charge is 0.506 e. The van der Waals surface area contributed by atoms with E-state index in [0.29, 0.717) is 17.0 Å². The van der Waals surface area contributed by atoms with Crippen LogP contribution in [0.1, 0.15) is 16.1 Å². The van der Waals surface area contributed by atoms with Crippen LogP contribution < -0.4 is 0 Å². The van der Waals surface area contributed by atoms with Gasteiger partial charge in [0.1, 0.15) is 11.4 Å². The molecule has 0 aliphatic rings. The highest BCUT2D eigenvalue weighted by molar-refractivity contribution is 5.90. The molecule has 2 aromatic rings. The molecule has 17 heavy (non-hydrogen) atoms. The molecule has 0 aliphatic carbocycles. The van der Waals surface area contributed by atoms with Gasteiger partial charge >= 0.3 is 5.97 Å². The molecule has 0 aromatic carbocycles. The highest BCUT2D eigenvalue weighted by atomic mass is 16.4. The lowest BCUT2D eigenvalue weighted by atomic mass is 10.1. The first-order valence-electron chi connectivity index (χ1n) is 4.94. The molecule has 86 valence electrons. The smallest absolute Gasteiger partial charge is 0.337 e. The predicted molar refractivity (Wildman–Crippen MR) is 60.8 cm³/mol. The predicted octanol–water partition coefficient (Wildman–Crippen LogP) is 1.86. The molecule has 5 nitrogen and oxygen atoms in total. The van der Waals surface area contributed by atoms with Gasteiger partial charge in [-0.1, -0.05) is 0 Å². The molecule has 0 radical (unpaired) electrons. The Hall–Kier alpha value is -2.43. The van der Waals surface area contributed by atoms with Gasteiger partial charge in [-0.3, -0.25) is 9.97 Å². The second kappa shape index (κ2) is 4.21. The standard InChI is InChI=1S/C12H10N2O3/c1-7-9(12(16)17)5-8(6-14-7)11-10(15)3-2-4-13-11/h2-6,15H,1H3,(H,16,17). The van der Waals surface area contributed by atoms with Crippen LogP contribution in [0.3, 0.4) is 0 Å². The number of carboxylic acid groups (broad SMARTS) is 1. The van der Waals surface area contributed by atoms with E-state index >= 15 is 0 Å². The number of rotatable bonds is 2. The minimum atomic E-state index is -1.05. The third-order valence-corrected chi connectivity index (χ3v) is 2.38. The van der Waals surface area contributed by atoms with E-state index in [4.69, 9.17) is 5.11 Å². The van der Waals surface area contributed by atoms with Gasteiger partial charge in [-0.2, -0.15) is 0 Å². The fraction of sp³-hybridized carbons (Fsp3) is 0.0833. The summed E-state index contributed by atoms with van der Waals surface area (Å²) in [6.07, 6.45) is 3.01. The van der Waals surface area contributed by atoms with Gasteiger partial charge in [0.25, 0.3) is 0 Å². The van der Waals surface area contributed by atoms with E-state index in [9.17, 15) is 9.90 Å². The van der Waals surface area contributed by atoms with Gasteiger partial charge in [-0.05, 0) is 25.1 Å². The number of aromatic hydroxyl groups is 1. The van der Waals surface area contributed by atoms with Crippen molar-refractivity contribution in [3.63, 3.8) is 0 Å². The van der Waals surface area contributed by atoms with Crippen LogP contribution in [0.4, 0.5) is 0 Å². The number of hydrogen-bond donors (Lipinski definition) is 2. The Morgan fingerprint density at radius 3 is 2.76 bits per heavy atom. The lowest BCUT2D eigenvalue weighted by Crippen LogP contribution is -2.02. The van der Waals surface area contributed by atoms with Crippen molar-refractivity contribution in [1.29, 1.82) is 0 Å². The summed E-state index contributed by atoms with van der Waals surface area (Å²) in [5.41, 5.74) is 1.33. The van der Waals surface area contributed by atoms with Crippen LogP contribution in [0.5, 0.6) is 5.75 Å². The number of pyridine rings is 2. The Bertz CT molecular complexity index is 582. The molecule has 2 heterocycles.